The van der Waals surface area contributed by atoms with Crippen LogP contribution in [0, 0.1) is 0 Å². The van der Waals surface area contributed by atoms with E-state index in [0.717, 1.165) is 18.4 Å². The van der Waals surface area contributed by atoms with Gasteiger partial charge < -0.3 is 10.1 Å². The Kier molecular flexibility index (Phi) is 5.01. The van der Waals surface area contributed by atoms with Gasteiger partial charge in [0.2, 0.25) is 10.0 Å². The molecule has 2 unspecified atom stereocenters. The fourth-order valence-electron chi connectivity index (χ4n) is 2.28. The van der Waals surface area contributed by atoms with Crippen molar-refractivity contribution < 1.29 is 13.2 Å². The topological polar surface area (TPSA) is 67.4 Å². The molecule has 2 atom stereocenters. The second kappa shape index (κ2) is 6.56. The molecule has 5 nitrogen and oxygen atoms in total. The minimum absolute atomic E-state index is 0.0266. The van der Waals surface area contributed by atoms with Gasteiger partial charge in [0.1, 0.15) is 0 Å². The van der Waals surface area contributed by atoms with Crippen molar-refractivity contribution in [2.24, 2.45) is 0 Å². The molecular formula is C14H22N2O3S. The average Bonchev–Trinajstić information content (AvgIpc) is 2.89. The number of benzene rings is 1. The number of sulfonamides is 1. The maximum atomic E-state index is 12.1. The van der Waals surface area contributed by atoms with E-state index in [1.807, 2.05) is 32.2 Å². The van der Waals surface area contributed by atoms with Gasteiger partial charge in [-0.25, -0.2) is 8.42 Å². The molecule has 0 aromatic heterocycles. The van der Waals surface area contributed by atoms with Crippen LogP contribution in [0.1, 0.15) is 31.4 Å². The summed E-state index contributed by atoms with van der Waals surface area (Å²) in [6.45, 7) is 2.69. The Morgan fingerprint density at radius 1 is 1.45 bits per heavy atom. The quantitative estimate of drug-likeness (QED) is 0.841. The van der Waals surface area contributed by atoms with E-state index in [-0.39, 0.29) is 17.9 Å². The van der Waals surface area contributed by atoms with Crippen molar-refractivity contribution in [2.75, 3.05) is 24.1 Å². The highest BCUT2D eigenvalue weighted by atomic mass is 32.2. The van der Waals surface area contributed by atoms with Gasteiger partial charge in [0.15, 0.2) is 0 Å². The van der Waals surface area contributed by atoms with Crippen LogP contribution in [-0.2, 0) is 14.8 Å². The normalized spacial score (nSPS) is 20.8. The summed E-state index contributed by atoms with van der Waals surface area (Å²) in [6.07, 6.45) is 1.58. The Balaban J connectivity index is 2.04. The van der Waals surface area contributed by atoms with Crippen molar-refractivity contribution in [1.29, 1.82) is 0 Å². The molecule has 1 fully saturated rings. The lowest BCUT2D eigenvalue weighted by atomic mass is 10.1. The van der Waals surface area contributed by atoms with Gasteiger partial charge in [0.25, 0.3) is 0 Å². The van der Waals surface area contributed by atoms with E-state index < -0.39 is 10.0 Å². The summed E-state index contributed by atoms with van der Waals surface area (Å²) in [4.78, 5) is 0. The largest absolute Gasteiger partial charge is 0.377 e. The average molecular weight is 298 g/mol. The molecule has 0 radical (unpaired) electrons. The number of ether oxygens (including phenoxy) is 1. The first-order chi connectivity index (χ1) is 9.50. The summed E-state index contributed by atoms with van der Waals surface area (Å²) in [7, 11) is -1.49. The van der Waals surface area contributed by atoms with Gasteiger partial charge in [-0.3, -0.25) is 4.72 Å². The molecule has 1 aromatic rings. The third-order valence-electron chi connectivity index (χ3n) is 3.52. The van der Waals surface area contributed by atoms with Gasteiger partial charge in [-0.05, 0) is 44.5 Å². The van der Waals surface area contributed by atoms with Crippen molar-refractivity contribution in [2.45, 2.75) is 31.9 Å². The molecule has 1 heterocycles. The number of hydrogen-bond donors (Lipinski definition) is 2. The zero-order valence-electron chi connectivity index (χ0n) is 11.9. The van der Waals surface area contributed by atoms with Gasteiger partial charge in [-0.1, -0.05) is 12.1 Å². The van der Waals surface area contributed by atoms with E-state index in [1.54, 1.807) is 6.07 Å². The molecule has 2 N–H and O–H groups in total. The third-order valence-corrected chi connectivity index (χ3v) is 4.88. The lowest BCUT2D eigenvalue weighted by Gasteiger charge is -2.15. The van der Waals surface area contributed by atoms with Gasteiger partial charge in [-0.15, -0.1) is 0 Å². The van der Waals surface area contributed by atoms with Crippen LogP contribution in [0.5, 0.6) is 0 Å². The van der Waals surface area contributed by atoms with Crippen molar-refractivity contribution >= 4 is 15.7 Å². The number of hydrogen-bond acceptors (Lipinski definition) is 4. The predicted molar refractivity (Wildman–Crippen MR) is 80.3 cm³/mol. The molecule has 1 aliphatic rings. The number of nitrogens with one attached hydrogen (secondary N) is 2. The highest BCUT2D eigenvalue weighted by molar-refractivity contribution is 7.92. The maximum Gasteiger partial charge on any atom is 0.235 e. The predicted octanol–water partition coefficient (Wildman–Crippen LogP) is 1.89. The van der Waals surface area contributed by atoms with Crippen molar-refractivity contribution in [3.63, 3.8) is 0 Å². The van der Waals surface area contributed by atoms with E-state index >= 15 is 0 Å². The number of anilines is 1. The van der Waals surface area contributed by atoms with Gasteiger partial charge in [-0.2, -0.15) is 0 Å². The highest BCUT2D eigenvalue weighted by Gasteiger charge is 2.23. The molecule has 1 aromatic carbocycles. The molecule has 112 valence electrons. The Morgan fingerprint density at radius 3 is 2.90 bits per heavy atom. The molecule has 0 amide bonds. The van der Waals surface area contributed by atoms with Crippen LogP contribution in [0.3, 0.4) is 0 Å². The minimum atomic E-state index is -3.36. The van der Waals surface area contributed by atoms with Crippen molar-refractivity contribution in [1.82, 2.24) is 5.32 Å². The molecule has 0 saturated carbocycles. The van der Waals surface area contributed by atoms with Crippen LogP contribution in [0.4, 0.5) is 5.69 Å². The van der Waals surface area contributed by atoms with Gasteiger partial charge in [0.05, 0.1) is 11.9 Å². The van der Waals surface area contributed by atoms with Crippen LogP contribution < -0.4 is 10.0 Å². The lowest BCUT2D eigenvalue weighted by Crippen LogP contribution is -2.25. The van der Waals surface area contributed by atoms with Gasteiger partial charge in [0, 0.05) is 18.3 Å². The molecule has 1 aliphatic heterocycles. The Morgan fingerprint density at radius 2 is 2.25 bits per heavy atom. The maximum absolute atomic E-state index is 12.1. The highest BCUT2D eigenvalue weighted by Crippen LogP contribution is 2.19. The SMILES string of the molecule is CNC(C)c1cccc(NS(=O)(=O)CC2CCCO2)c1. The molecule has 1 saturated heterocycles. The monoisotopic (exact) mass is 298 g/mol. The molecule has 6 heteroatoms. The summed E-state index contributed by atoms with van der Waals surface area (Å²) in [5.41, 5.74) is 1.65. The molecule has 0 spiro atoms. The summed E-state index contributed by atoms with van der Waals surface area (Å²) in [5.74, 6) is 0.0266. The summed E-state index contributed by atoms with van der Waals surface area (Å²) in [6, 6.07) is 7.62. The summed E-state index contributed by atoms with van der Waals surface area (Å²) < 4.78 is 32.2. The van der Waals surface area contributed by atoms with Crippen molar-refractivity contribution in [3.8, 4) is 0 Å². The van der Waals surface area contributed by atoms with Crippen molar-refractivity contribution in [3.05, 3.63) is 29.8 Å². The van der Waals surface area contributed by atoms with E-state index in [9.17, 15) is 8.42 Å². The second-order valence-corrected chi connectivity index (χ2v) is 6.92. The van der Waals surface area contributed by atoms with Crippen LogP contribution in [0.25, 0.3) is 0 Å². The summed E-state index contributed by atoms with van der Waals surface area (Å²) >= 11 is 0. The van der Waals surface area contributed by atoms with E-state index in [2.05, 4.69) is 10.0 Å². The zero-order valence-corrected chi connectivity index (χ0v) is 12.7. The first kappa shape index (κ1) is 15.3. The van der Waals surface area contributed by atoms with Crippen LogP contribution in [-0.4, -0.2) is 33.9 Å². The molecule has 2 rings (SSSR count). The lowest BCUT2D eigenvalue weighted by molar-refractivity contribution is 0.127. The van der Waals surface area contributed by atoms with Crippen LogP contribution >= 0.6 is 0 Å². The first-order valence-corrected chi connectivity index (χ1v) is 8.55. The summed E-state index contributed by atoms with van der Waals surface area (Å²) in [5, 5.41) is 3.13. The minimum Gasteiger partial charge on any atom is -0.377 e. The second-order valence-electron chi connectivity index (χ2n) is 5.15. The van der Waals surface area contributed by atoms with E-state index in [0.29, 0.717) is 12.3 Å². The molecule has 20 heavy (non-hydrogen) atoms. The molecular weight excluding hydrogens is 276 g/mol. The van der Waals surface area contributed by atoms with Crippen LogP contribution in [0.2, 0.25) is 0 Å². The zero-order chi connectivity index (χ0) is 14.6. The fraction of sp³-hybridized carbons (Fsp3) is 0.571. The molecule has 0 bridgehead atoms. The smallest absolute Gasteiger partial charge is 0.235 e. The molecule has 0 aliphatic carbocycles. The van der Waals surface area contributed by atoms with E-state index in [4.69, 9.17) is 4.74 Å². The number of rotatable bonds is 6. The Hall–Kier alpha value is -1.11. The Bertz CT molecular complexity index is 539. The van der Waals surface area contributed by atoms with E-state index in [1.165, 1.54) is 0 Å². The standard InChI is InChI=1S/C14H22N2O3S/c1-11(15-2)12-5-3-6-13(9-12)16-20(17,18)10-14-7-4-8-19-14/h3,5-6,9,11,14-16H,4,7-8,10H2,1-2H3. The third kappa shape index (κ3) is 4.19. The Labute approximate surface area is 120 Å². The fourth-order valence-corrected chi connectivity index (χ4v) is 3.60. The van der Waals surface area contributed by atoms with Gasteiger partial charge >= 0.3 is 0 Å². The van der Waals surface area contributed by atoms with Crippen LogP contribution in [0.15, 0.2) is 24.3 Å². The first-order valence-electron chi connectivity index (χ1n) is 6.89.